The molecular weight excluding hydrogens is 199 g/mol. The van der Waals surface area contributed by atoms with Crippen molar-refractivity contribution in [3.63, 3.8) is 0 Å². The first-order valence-corrected chi connectivity index (χ1v) is 5.81. The standard InChI is InChI=1S/C14H13P/c1-4-11-10(3)12-8-6-7-9-14(12)15-13(11)5-2/h4-9H,1-2H2,3H3. The number of benzene rings is 1. The number of rotatable bonds is 2. The van der Waals surface area contributed by atoms with Crippen LogP contribution >= 0.6 is 8.19 Å². The molecule has 1 heterocycles. The minimum atomic E-state index is 1.23. The maximum Gasteiger partial charge on any atom is 0.00990 e. The zero-order chi connectivity index (χ0) is 10.8. The molecule has 1 aromatic heterocycles. The van der Waals surface area contributed by atoms with Crippen molar-refractivity contribution in [1.29, 1.82) is 0 Å². The lowest BCUT2D eigenvalue weighted by Gasteiger charge is -2.09. The van der Waals surface area contributed by atoms with Crippen LogP contribution in [-0.4, -0.2) is 0 Å². The van der Waals surface area contributed by atoms with Gasteiger partial charge in [0.05, 0.1) is 0 Å². The quantitative estimate of drug-likeness (QED) is 0.656. The van der Waals surface area contributed by atoms with E-state index in [2.05, 4.69) is 44.3 Å². The van der Waals surface area contributed by atoms with Crippen LogP contribution in [0.25, 0.3) is 22.7 Å². The summed E-state index contributed by atoms with van der Waals surface area (Å²) in [6.45, 7) is 9.89. The summed E-state index contributed by atoms with van der Waals surface area (Å²) in [6, 6.07) is 8.50. The second kappa shape index (κ2) is 4.00. The average molecular weight is 212 g/mol. The summed E-state index contributed by atoms with van der Waals surface area (Å²) in [7, 11) is 1.23. The molecule has 0 amide bonds. The Morgan fingerprint density at radius 1 is 1.13 bits per heavy atom. The van der Waals surface area contributed by atoms with E-state index in [-0.39, 0.29) is 0 Å². The monoisotopic (exact) mass is 212 g/mol. The molecule has 0 saturated heterocycles. The van der Waals surface area contributed by atoms with Gasteiger partial charge in [0.25, 0.3) is 0 Å². The summed E-state index contributed by atoms with van der Waals surface area (Å²) in [5.74, 6) is 0. The lowest BCUT2D eigenvalue weighted by atomic mass is 10.1. The van der Waals surface area contributed by atoms with Crippen LogP contribution < -0.4 is 0 Å². The van der Waals surface area contributed by atoms with Crippen LogP contribution in [0.1, 0.15) is 16.4 Å². The second-order valence-electron chi connectivity index (χ2n) is 3.46. The van der Waals surface area contributed by atoms with Crippen LogP contribution in [0, 0.1) is 6.92 Å². The second-order valence-corrected chi connectivity index (χ2v) is 4.65. The fourth-order valence-electron chi connectivity index (χ4n) is 1.83. The molecule has 0 N–H and O–H groups in total. The maximum absolute atomic E-state index is 3.87. The van der Waals surface area contributed by atoms with E-state index in [4.69, 9.17) is 0 Å². The zero-order valence-corrected chi connectivity index (χ0v) is 9.72. The molecule has 0 aliphatic carbocycles. The molecule has 0 aliphatic rings. The Hall–Kier alpha value is -1.39. The summed E-state index contributed by atoms with van der Waals surface area (Å²) in [5, 5.41) is 3.94. The van der Waals surface area contributed by atoms with Crippen molar-refractivity contribution in [2.75, 3.05) is 0 Å². The Balaban J connectivity index is 2.93. The van der Waals surface area contributed by atoms with Crippen molar-refractivity contribution in [3.05, 3.63) is 53.8 Å². The first kappa shape index (κ1) is 10.1. The highest BCUT2D eigenvalue weighted by Gasteiger charge is 2.05. The van der Waals surface area contributed by atoms with Gasteiger partial charge in [0.2, 0.25) is 0 Å². The molecule has 0 unspecified atom stereocenters. The largest absolute Gasteiger partial charge is 0.0984 e. The topological polar surface area (TPSA) is 0 Å². The highest BCUT2D eigenvalue weighted by atomic mass is 31.0. The molecule has 1 aromatic carbocycles. The van der Waals surface area contributed by atoms with Gasteiger partial charge in [-0.3, -0.25) is 0 Å². The maximum atomic E-state index is 3.87. The predicted octanol–water partition coefficient (Wildman–Crippen LogP) is 5.01. The van der Waals surface area contributed by atoms with E-state index >= 15 is 0 Å². The van der Waals surface area contributed by atoms with Gasteiger partial charge in [0, 0.05) is 10.4 Å². The van der Waals surface area contributed by atoms with Gasteiger partial charge in [0.15, 0.2) is 0 Å². The summed E-state index contributed by atoms with van der Waals surface area (Å²) in [6.07, 6.45) is 3.85. The first-order chi connectivity index (χ1) is 7.27. The predicted molar refractivity (Wildman–Crippen MR) is 71.4 cm³/mol. The first-order valence-electron chi connectivity index (χ1n) is 4.92. The van der Waals surface area contributed by atoms with Crippen molar-refractivity contribution in [1.82, 2.24) is 0 Å². The molecule has 2 rings (SSSR count). The third kappa shape index (κ3) is 1.62. The fourth-order valence-corrected chi connectivity index (χ4v) is 3.08. The molecule has 2 aromatic rings. The Labute approximate surface area is 92.1 Å². The van der Waals surface area contributed by atoms with Gasteiger partial charge in [0.1, 0.15) is 0 Å². The minimum Gasteiger partial charge on any atom is -0.0984 e. The lowest BCUT2D eigenvalue weighted by molar-refractivity contribution is 1.52. The normalized spacial score (nSPS) is 10.7. The molecule has 0 radical (unpaired) electrons. The van der Waals surface area contributed by atoms with Crippen molar-refractivity contribution >= 4 is 30.8 Å². The van der Waals surface area contributed by atoms with Crippen molar-refractivity contribution in [2.24, 2.45) is 0 Å². The van der Waals surface area contributed by atoms with E-state index in [0.29, 0.717) is 0 Å². The summed E-state index contributed by atoms with van der Waals surface area (Å²) in [4.78, 5) is 0. The number of hydrogen-bond acceptors (Lipinski definition) is 0. The fraction of sp³-hybridized carbons (Fsp3) is 0.0714. The Morgan fingerprint density at radius 3 is 2.53 bits per heavy atom. The van der Waals surface area contributed by atoms with Crippen molar-refractivity contribution < 1.29 is 0 Å². The average Bonchev–Trinajstić information content (AvgIpc) is 2.29. The van der Waals surface area contributed by atoms with Gasteiger partial charge in [-0.05, 0) is 29.5 Å². The zero-order valence-electron chi connectivity index (χ0n) is 8.83. The van der Waals surface area contributed by atoms with Gasteiger partial charge >= 0.3 is 0 Å². The number of aryl methyl sites for hydroxylation is 1. The molecule has 74 valence electrons. The molecule has 0 saturated carbocycles. The van der Waals surface area contributed by atoms with Gasteiger partial charge < -0.3 is 0 Å². The molecule has 0 nitrogen and oxygen atoms in total. The van der Waals surface area contributed by atoms with E-state index in [1.807, 2.05) is 12.2 Å². The minimum absolute atomic E-state index is 1.23. The van der Waals surface area contributed by atoms with Crippen molar-refractivity contribution in [3.8, 4) is 0 Å². The Morgan fingerprint density at radius 2 is 1.87 bits per heavy atom. The van der Waals surface area contributed by atoms with Crippen LogP contribution in [-0.2, 0) is 0 Å². The summed E-state index contributed by atoms with van der Waals surface area (Å²) in [5.41, 5.74) is 2.53. The van der Waals surface area contributed by atoms with E-state index in [9.17, 15) is 0 Å². The third-order valence-electron chi connectivity index (χ3n) is 2.63. The highest BCUT2D eigenvalue weighted by molar-refractivity contribution is 7.38. The summed E-state index contributed by atoms with van der Waals surface area (Å²) >= 11 is 0. The van der Waals surface area contributed by atoms with Crippen molar-refractivity contribution in [2.45, 2.75) is 6.92 Å². The van der Waals surface area contributed by atoms with Crippen LogP contribution in [0.15, 0.2) is 37.4 Å². The molecule has 0 aliphatic heterocycles. The molecule has 0 fully saturated rings. The van der Waals surface area contributed by atoms with Crippen LogP contribution in [0.3, 0.4) is 0 Å². The smallest absolute Gasteiger partial charge is 0.00990 e. The van der Waals surface area contributed by atoms with Gasteiger partial charge in [-0.15, -0.1) is 0 Å². The molecule has 15 heavy (non-hydrogen) atoms. The van der Waals surface area contributed by atoms with E-state index in [0.717, 1.165) is 0 Å². The van der Waals surface area contributed by atoms with Crippen LogP contribution in [0.2, 0.25) is 0 Å². The molecule has 0 atom stereocenters. The molecular formula is C14H13P. The van der Waals surface area contributed by atoms with Crippen LogP contribution in [0.4, 0.5) is 0 Å². The van der Waals surface area contributed by atoms with Gasteiger partial charge in [-0.2, -0.15) is 0 Å². The van der Waals surface area contributed by atoms with Crippen LogP contribution in [0.5, 0.6) is 0 Å². The number of fused-ring (bicyclic) bond motifs is 1. The van der Waals surface area contributed by atoms with Gasteiger partial charge in [-0.1, -0.05) is 51.7 Å². The SMILES string of the molecule is C=Cc1pc2ccccc2c(C)c1C=C. The molecule has 0 bridgehead atoms. The highest BCUT2D eigenvalue weighted by Crippen LogP contribution is 2.34. The number of hydrogen-bond donors (Lipinski definition) is 0. The van der Waals surface area contributed by atoms with Gasteiger partial charge in [-0.25, -0.2) is 0 Å². The molecule has 0 spiro atoms. The third-order valence-corrected chi connectivity index (χ3v) is 3.92. The molecule has 1 heteroatoms. The lowest BCUT2D eigenvalue weighted by Crippen LogP contribution is -1.84. The van der Waals surface area contributed by atoms with E-state index < -0.39 is 0 Å². The van der Waals surface area contributed by atoms with E-state index in [1.54, 1.807) is 0 Å². The Kier molecular flexibility index (Phi) is 2.70. The Bertz CT molecular complexity index is 538. The summed E-state index contributed by atoms with van der Waals surface area (Å²) < 4.78 is 0. The van der Waals surface area contributed by atoms with E-state index in [1.165, 1.54) is 35.1 Å².